The van der Waals surface area contributed by atoms with Crippen LogP contribution in [0.15, 0.2) is 11.6 Å². The molecule has 0 fully saturated rings. The fourth-order valence-electron chi connectivity index (χ4n) is 0.899. The Morgan fingerprint density at radius 3 is 2.67 bits per heavy atom. The number of hydrogen-bond donors (Lipinski definition) is 0. The fraction of sp³-hybridized carbons (Fsp3) is 0.600. The maximum absolute atomic E-state index is 11.2. The van der Waals surface area contributed by atoms with Gasteiger partial charge in [-0.1, -0.05) is 11.8 Å². The Hall–Kier alpha value is -0.550. The summed E-state index contributed by atoms with van der Waals surface area (Å²) >= 11 is 6.26. The highest BCUT2D eigenvalue weighted by atomic mass is 32.2. The van der Waals surface area contributed by atoms with E-state index in [-0.39, 0.29) is 12.1 Å². The number of carbonyl (C=O) groups is 1. The zero-order valence-corrected chi connectivity index (χ0v) is 11.0. The summed E-state index contributed by atoms with van der Waals surface area (Å²) in [7, 11) is 0. The molecule has 0 rings (SSSR count). The molecule has 0 bridgehead atoms. The van der Waals surface area contributed by atoms with Crippen LogP contribution in [0.2, 0.25) is 0 Å². The van der Waals surface area contributed by atoms with Gasteiger partial charge in [0.15, 0.2) is 0 Å². The zero-order chi connectivity index (χ0) is 11.8. The van der Waals surface area contributed by atoms with Crippen LogP contribution in [0.5, 0.6) is 0 Å². The molecule has 3 nitrogen and oxygen atoms in total. The third-order valence-electron chi connectivity index (χ3n) is 1.53. The van der Waals surface area contributed by atoms with Gasteiger partial charge in [-0.15, -0.1) is 0 Å². The Morgan fingerprint density at radius 1 is 1.60 bits per heavy atom. The van der Waals surface area contributed by atoms with Gasteiger partial charge in [0, 0.05) is 5.57 Å². The van der Waals surface area contributed by atoms with E-state index >= 15 is 0 Å². The van der Waals surface area contributed by atoms with Gasteiger partial charge in [-0.2, -0.15) is 0 Å². The van der Waals surface area contributed by atoms with Gasteiger partial charge in [-0.25, -0.2) is 4.79 Å². The fourth-order valence-corrected chi connectivity index (χ4v) is 1.30. The van der Waals surface area contributed by atoms with Gasteiger partial charge in [0.2, 0.25) is 4.38 Å². The summed E-state index contributed by atoms with van der Waals surface area (Å²) in [6.07, 6.45) is 3.33. The van der Waals surface area contributed by atoms with Crippen molar-refractivity contribution in [1.82, 2.24) is 0 Å². The number of thioether (sulfide) groups is 1. The van der Waals surface area contributed by atoms with Gasteiger partial charge >= 0.3 is 5.97 Å². The van der Waals surface area contributed by atoms with Crippen molar-refractivity contribution in [1.29, 1.82) is 0 Å². The molecule has 5 heteroatoms. The van der Waals surface area contributed by atoms with Gasteiger partial charge in [0.25, 0.3) is 0 Å². The average molecular weight is 248 g/mol. The lowest BCUT2D eigenvalue weighted by Crippen LogP contribution is -2.12. The Bertz CT molecular complexity index is 261. The highest BCUT2D eigenvalue weighted by Crippen LogP contribution is 2.07. The van der Waals surface area contributed by atoms with E-state index in [2.05, 4.69) is 0 Å². The molecule has 0 aliphatic rings. The van der Waals surface area contributed by atoms with Crippen molar-refractivity contribution in [2.45, 2.75) is 26.9 Å². The zero-order valence-electron chi connectivity index (χ0n) is 9.40. The molecular formula is C10H16O3S2. The molecule has 0 spiro atoms. The van der Waals surface area contributed by atoms with Crippen molar-refractivity contribution in [3.05, 3.63) is 11.6 Å². The SMILES string of the molecule is CCOC(=O)/C(C)=C/[C@H](C)OC(=S)SC. The molecule has 0 aliphatic heterocycles. The van der Waals surface area contributed by atoms with Gasteiger partial charge < -0.3 is 9.47 Å². The predicted octanol–water partition coefficient (Wildman–Crippen LogP) is 2.55. The molecule has 0 unspecified atom stereocenters. The summed E-state index contributed by atoms with van der Waals surface area (Å²) in [4.78, 5) is 11.2. The first kappa shape index (κ1) is 14.5. The van der Waals surface area contributed by atoms with Crippen molar-refractivity contribution in [2.24, 2.45) is 0 Å². The lowest BCUT2D eigenvalue weighted by atomic mass is 10.2. The third kappa shape index (κ3) is 6.52. The van der Waals surface area contributed by atoms with Gasteiger partial charge in [0.1, 0.15) is 6.10 Å². The highest BCUT2D eigenvalue weighted by molar-refractivity contribution is 8.22. The normalized spacial score (nSPS) is 13.2. The third-order valence-corrected chi connectivity index (χ3v) is 2.56. The van der Waals surface area contributed by atoms with Crippen LogP contribution < -0.4 is 0 Å². The molecule has 0 aromatic rings. The van der Waals surface area contributed by atoms with Gasteiger partial charge in [-0.3, -0.25) is 0 Å². The molecule has 0 aromatic carbocycles. The number of esters is 1. The van der Waals surface area contributed by atoms with Crippen LogP contribution in [0.25, 0.3) is 0 Å². The van der Waals surface area contributed by atoms with E-state index in [4.69, 9.17) is 21.7 Å². The van der Waals surface area contributed by atoms with Crippen LogP contribution in [-0.2, 0) is 14.3 Å². The number of carbonyl (C=O) groups excluding carboxylic acids is 1. The van der Waals surface area contributed by atoms with Crippen LogP contribution >= 0.6 is 24.0 Å². The molecule has 86 valence electrons. The second kappa shape index (κ2) is 7.70. The van der Waals surface area contributed by atoms with Gasteiger partial charge in [0.05, 0.1) is 6.61 Å². The van der Waals surface area contributed by atoms with Crippen molar-refractivity contribution in [3.63, 3.8) is 0 Å². The van der Waals surface area contributed by atoms with Gasteiger partial charge in [-0.05, 0) is 45.3 Å². The van der Waals surface area contributed by atoms with Crippen LogP contribution in [-0.4, -0.2) is 29.3 Å². The van der Waals surface area contributed by atoms with E-state index in [1.807, 2.05) is 13.2 Å². The van der Waals surface area contributed by atoms with Crippen molar-refractivity contribution in [2.75, 3.05) is 12.9 Å². The Kier molecular flexibility index (Phi) is 7.42. The standard InChI is InChI=1S/C10H16O3S2/c1-5-12-9(11)7(2)6-8(3)13-10(14)15-4/h6,8H,5H2,1-4H3/b7-6+/t8-/m0/s1. The first-order valence-corrected chi connectivity index (χ1v) is 6.24. The lowest BCUT2D eigenvalue weighted by molar-refractivity contribution is -0.138. The van der Waals surface area contributed by atoms with Crippen LogP contribution in [0.3, 0.4) is 0 Å². The van der Waals surface area contributed by atoms with E-state index < -0.39 is 0 Å². The molecule has 0 radical (unpaired) electrons. The van der Waals surface area contributed by atoms with Crippen LogP contribution in [0.1, 0.15) is 20.8 Å². The number of rotatable bonds is 4. The summed E-state index contributed by atoms with van der Waals surface area (Å²) in [6, 6.07) is 0. The first-order valence-electron chi connectivity index (χ1n) is 4.61. The molecule has 15 heavy (non-hydrogen) atoms. The van der Waals surface area contributed by atoms with E-state index in [9.17, 15) is 4.79 Å². The average Bonchev–Trinajstić information content (AvgIpc) is 2.17. The molecule has 0 heterocycles. The summed E-state index contributed by atoms with van der Waals surface area (Å²) in [5, 5.41) is 0. The van der Waals surface area contributed by atoms with E-state index in [1.54, 1.807) is 19.9 Å². The smallest absolute Gasteiger partial charge is 0.333 e. The quantitative estimate of drug-likeness (QED) is 0.434. The minimum Gasteiger partial charge on any atom is -0.471 e. The molecule has 0 saturated heterocycles. The second-order valence-corrected chi connectivity index (χ2v) is 4.26. The maximum Gasteiger partial charge on any atom is 0.333 e. The van der Waals surface area contributed by atoms with Crippen LogP contribution in [0.4, 0.5) is 0 Å². The Balaban J connectivity index is 4.22. The highest BCUT2D eigenvalue weighted by Gasteiger charge is 2.08. The molecule has 0 aromatic heterocycles. The van der Waals surface area contributed by atoms with E-state index in [0.29, 0.717) is 16.6 Å². The largest absolute Gasteiger partial charge is 0.471 e. The van der Waals surface area contributed by atoms with Crippen molar-refractivity contribution < 1.29 is 14.3 Å². The number of hydrogen-bond acceptors (Lipinski definition) is 5. The van der Waals surface area contributed by atoms with Crippen molar-refractivity contribution in [3.8, 4) is 0 Å². The summed E-state index contributed by atoms with van der Waals surface area (Å²) < 4.78 is 10.6. The summed E-state index contributed by atoms with van der Waals surface area (Å²) in [5.74, 6) is -0.317. The molecule has 0 saturated carbocycles. The molecular weight excluding hydrogens is 232 g/mol. The Morgan fingerprint density at radius 2 is 2.20 bits per heavy atom. The molecule has 0 N–H and O–H groups in total. The number of ether oxygens (including phenoxy) is 2. The first-order chi connectivity index (χ1) is 7.01. The molecule has 0 aliphatic carbocycles. The minimum atomic E-state index is -0.317. The Labute approximate surface area is 100 Å². The lowest BCUT2D eigenvalue weighted by Gasteiger charge is -2.10. The summed E-state index contributed by atoms with van der Waals surface area (Å²) in [6.45, 7) is 5.67. The monoisotopic (exact) mass is 248 g/mol. The maximum atomic E-state index is 11.2. The summed E-state index contributed by atoms with van der Waals surface area (Å²) in [5.41, 5.74) is 0.535. The van der Waals surface area contributed by atoms with E-state index in [1.165, 1.54) is 11.8 Å². The number of thiocarbonyl (C=S) groups is 1. The van der Waals surface area contributed by atoms with E-state index in [0.717, 1.165) is 0 Å². The van der Waals surface area contributed by atoms with Crippen molar-refractivity contribution >= 4 is 34.3 Å². The topological polar surface area (TPSA) is 35.5 Å². The minimum absolute atomic E-state index is 0.214. The molecule has 1 atom stereocenters. The predicted molar refractivity (Wildman–Crippen MR) is 67.1 cm³/mol. The second-order valence-electron chi connectivity index (χ2n) is 2.85. The molecule has 0 amide bonds. The van der Waals surface area contributed by atoms with Crippen LogP contribution in [0, 0.1) is 0 Å².